The van der Waals surface area contributed by atoms with Crippen LogP contribution in [0.5, 0.6) is 5.75 Å². The first kappa shape index (κ1) is 13.6. The first-order valence-electron chi connectivity index (χ1n) is 6.80. The van der Waals surface area contributed by atoms with Crippen LogP contribution in [0.4, 0.5) is 5.69 Å². The zero-order chi connectivity index (χ0) is 14.7. The Bertz CT molecular complexity index is 622. The number of rotatable bonds is 5. The molecule has 1 amide bonds. The third-order valence-electron chi connectivity index (χ3n) is 3.51. The van der Waals surface area contributed by atoms with Crippen molar-refractivity contribution in [1.29, 1.82) is 0 Å². The largest absolute Gasteiger partial charge is 0.495 e. The highest BCUT2D eigenvalue weighted by Crippen LogP contribution is 2.27. The molecule has 1 aliphatic heterocycles. The topological polar surface area (TPSA) is 81.1 Å². The lowest BCUT2D eigenvalue weighted by Crippen LogP contribution is -2.43. The average molecular weight is 287 g/mol. The molecule has 1 aromatic carbocycles. The van der Waals surface area contributed by atoms with Crippen molar-refractivity contribution in [3.63, 3.8) is 0 Å². The molecular weight excluding hydrogens is 270 g/mol. The number of methoxy groups -OCH3 is 1. The first-order chi connectivity index (χ1) is 10.3. The predicted octanol–water partition coefficient (Wildman–Crippen LogP) is 0.824. The quantitative estimate of drug-likeness (QED) is 0.851. The summed E-state index contributed by atoms with van der Waals surface area (Å²) >= 11 is 0. The molecule has 0 atom stereocenters. The van der Waals surface area contributed by atoms with E-state index >= 15 is 0 Å². The number of hydrogen-bond acceptors (Lipinski definition) is 5. The van der Waals surface area contributed by atoms with Crippen LogP contribution in [0.25, 0.3) is 5.69 Å². The fraction of sp³-hybridized carbons (Fsp3) is 0.357. The van der Waals surface area contributed by atoms with E-state index in [0.717, 1.165) is 18.8 Å². The minimum absolute atomic E-state index is 0.000654. The van der Waals surface area contributed by atoms with E-state index in [0.29, 0.717) is 23.8 Å². The second-order valence-corrected chi connectivity index (χ2v) is 5.03. The number of aromatic nitrogens is 3. The highest BCUT2D eigenvalue weighted by Gasteiger charge is 2.20. The van der Waals surface area contributed by atoms with Gasteiger partial charge >= 0.3 is 0 Å². The van der Waals surface area contributed by atoms with Crippen molar-refractivity contribution in [2.75, 3.05) is 25.5 Å². The minimum atomic E-state index is 0.000654. The van der Waals surface area contributed by atoms with Crippen LogP contribution in [0, 0.1) is 5.92 Å². The van der Waals surface area contributed by atoms with Gasteiger partial charge in [-0.1, -0.05) is 0 Å². The lowest BCUT2D eigenvalue weighted by atomic mass is 9.99. The van der Waals surface area contributed by atoms with Crippen LogP contribution in [0.3, 0.4) is 0 Å². The molecule has 0 unspecified atom stereocenters. The van der Waals surface area contributed by atoms with E-state index in [1.54, 1.807) is 24.3 Å². The number of nitrogens with zero attached hydrogens (tertiary/aromatic N) is 3. The Labute approximate surface area is 122 Å². The molecule has 1 aromatic heterocycles. The molecule has 2 aromatic rings. The second-order valence-electron chi connectivity index (χ2n) is 5.03. The number of anilines is 1. The van der Waals surface area contributed by atoms with Gasteiger partial charge in [0.2, 0.25) is 5.91 Å². The predicted molar refractivity (Wildman–Crippen MR) is 77.5 cm³/mol. The molecule has 0 aliphatic carbocycles. The Morgan fingerprint density at radius 2 is 2.19 bits per heavy atom. The molecule has 0 saturated carbocycles. The van der Waals surface area contributed by atoms with Gasteiger partial charge in [0.05, 0.1) is 18.5 Å². The Balaban J connectivity index is 1.78. The van der Waals surface area contributed by atoms with Crippen LogP contribution in [-0.2, 0) is 4.79 Å². The first-order valence-corrected chi connectivity index (χ1v) is 6.80. The Kier molecular flexibility index (Phi) is 3.83. The Hall–Kier alpha value is -2.41. The number of carbonyl (C=O) groups is 1. The molecule has 21 heavy (non-hydrogen) atoms. The maximum Gasteiger partial charge on any atom is 0.224 e. The number of hydrogen-bond donors (Lipinski definition) is 2. The van der Waals surface area contributed by atoms with Crippen LogP contribution in [-0.4, -0.2) is 40.9 Å². The molecule has 0 bridgehead atoms. The zero-order valence-electron chi connectivity index (χ0n) is 11.7. The number of ether oxygens (including phenoxy) is 1. The summed E-state index contributed by atoms with van der Waals surface area (Å²) in [5.41, 5.74) is 1.52. The molecule has 7 heteroatoms. The second kappa shape index (κ2) is 5.92. The van der Waals surface area contributed by atoms with Crippen LogP contribution in [0.2, 0.25) is 0 Å². The third kappa shape index (κ3) is 3.03. The lowest BCUT2D eigenvalue weighted by molar-refractivity contribution is -0.117. The van der Waals surface area contributed by atoms with E-state index in [-0.39, 0.29) is 5.91 Å². The van der Waals surface area contributed by atoms with Crippen molar-refractivity contribution in [3.8, 4) is 11.4 Å². The van der Waals surface area contributed by atoms with Crippen LogP contribution in [0.1, 0.15) is 6.42 Å². The Morgan fingerprint density at radius 1 is 1.43 bits per heavy atom. The van der Waals surface area contributed by atoms with Crippen molar-refractivity contribution in [2.24, 2.45) is 5.92 Å². The summed E-state index contributed by atoms with van der Waals surface area (Å²) in [7, 11) is 1.58. The zero-order valence-corrected chi connectivity index (χ0v) is 11.7. The highest BCUT2D eigenvalue weighted by atomic mass is 16.5. The van der Waals surface area contributed by atoms with Crippen molar-refractivity contribution in [1.82, 2.24) is 20.1 Å². The Morgan fingerprint density at radius 3 is 2.81 bits per heavy atom. The third-order valence-corrected chi connectivity index (χ3v) is 3.51. The van der Waals surface area contributed by atoms with Gasteiger partial charge in [0.25, 0.3) is 0 Å². The van der Waals surface area contributed by atoms with E-state index in [4.69, 9.17) is 4.74 Å². The molecule has 1 aliphatic rings. The van der Waals surface area contributed by atoms with E-state index in [1.165, 1.54) is 0 Å². The molecule has 7 nitrogen and oxygen atoms in total. The summed E-state index contributed by atoms with van der Waals surface area (Å²) in [4.78, 5) is 12.1. The molecule has 2 N–H and O–H groups in total. The summed E-state index contributed by atoms with van der Waals surface area (Å²) in [6.45, 7) is 1.82. The molecule has 1 saturated heterocycles. The van der Waals surface area contributed by atoms with Gasteiger partial charge in [-0.05, 0) is 37.2 Å². The van der Waals surface area contributed by atoms with Crippen LogP contribution < -0.4 is 15.4 Å². The van der Waals surface area contributed by atoms with E-state index in [1.807, 2.05) is 18.2 Å². The number of nitrogens with one attached hydrogen (secondary N) is 2. The molecule has 0 radical (unpaired) electrons. The van der Waals surface area contributed by atoms with Crippen molar-refractivity contribution in [2.45, 2.75) is 6.42 Å². The van der Waals surface area contributed by atoms with Crippen molar-refractivity contribution >= 4 is 11.6 Å². The molecule has 0 spiro atoms. The van der Waals surface area contributed by atoms with Gasteiger partial charge in [-0.3, -0.25) is 9.36 Å². The van der Waals surface area contributed by atoms with Crippen molar-refractivity contribution < 1.29 is 9.53 Å². The van der Waals surface area contributed by atoms with Gasteiger partial charge in [-0.2, -0.15) is 0 Å². The van der Waals surface area contributed by atoms with Gasteiger partial charge in [-0.25, -0.2) is 0 Å². The van der Waals surface area contributed by atoms with E-state index in [2.05, 4.69) is 20.8 Å². The normalized spacial score (nSPS) is 14.5. The van der Waals surface area contributed by atoms with Gasteiger partial charge in [0, 0.05) is 6.42 Å². The van der Waals surface area contributed by atoms with Gasteiger partial charge in [-0.15, -0.1) is 10.2 Å². The van der Waals surface area contributed by atoms with Crippen molar-refractivity contribution in [3.05, 3.63) is 30.9 Å². The summed E-state index contributed by atoms with van der Waals surface area (Å²) in [6.07, 6.45) is 3.73. The minimum Gasteiger partial charge on any atom is -0.495 e. The van der Waals surface area contributed by atoms with Gasteiger partial charge in [0.1, 0.15) is 18.4 Å². The molecule has 1 fully saturated rings. The van der Waals surface area contributed by atoms with Crippen LogP contribution >= 0.6 is 0 Å². The van der Waals surface area contributed by atoms with E-state index < -0.39 is 0 Å². The number of benzene rings is 1. The van der Waals surface area contributed by atoms with E-state index in [9.17, 15) is 4.79 Å². The monoisotopic (exact) mass is 287 g/mol. The number of carbonyl (C=O) groups excluding carboxylic acids is 1. The fourth-order valence-electron chi connectivity index (χ4n) is 2.24. The molecule has 3 rings (SSSR count). The molecular formula is C14H17N5O2. The van der Waals surface area contributed by atoms with Crippen LogP contribution in [0.15, 0.2) is 30.9 Å². The maximum absolute atomic E-state index is 12.1. The van der Waals surface area contributed by atoms with Gasteiger partial charge < -0.3 is 15.4 Å². The van der Waals surface area contributed by atoms with Gasteiger partial charge in [0.15, 0.2) is 0 Å². The average Bonchev–Trinajstić information content (AvgIpc) is 2.97. The standard InChI is InChI=1S/C14H17N5O2/c1-21-13-3-2-11(19-8-16-17-9-19)5-12(13)18-14(20)4-10-6-15-7-10/h2-3,5,8-10,15H,4,6-7H2,1H3,(H,18,20). The summed E-state index contributed by atoms with van der Waals surface area (Å²) in [5, 5.41) is 13.6. The summed E-state index contributed by atoms with van der Waals surface area (Å²) in [5.74, 6) is 1.06. The fourth-order valence-corrected chi connectivity index (χ4v) is 2.24. The molecule has 2 heterocycles. The number of amides is 1. The summed E-state index contributed by atoms with van der Waals surface area (Å²) < 4.78 is 7.07. The molecule has 110 valence electrons. The lowest BCUT2D eigenvalue weighted by Gasteiger charge is -2.26. The maximum atomic E-state index is 12.1. The summed E-state index contributed by atoms with van der Waals surface area (Å²) in [6, 6.07) is 5.54. The smallest absolute Gasteiger partial charge is 0.224 e. The highest BCUT2D eigenvalue weighted by molar-refractivity contribution is 5.92. The SMILES string of the molecule is COc1ccc(-n2cnnc2)cc1NC(=O)CC1CNC1.